The van der Waals surface area contributed by atoms with Crippen molar-refractivity contribution >= 4 is 11.6 Å². The summed E-state index contributed by atoms with van der Waals surface area (Å²) >= 11 is 0. The molecule has 2 aromatic rings. The third-order valence-electron chi connectivity index (χ3n) is 3.58. The first-order chi connectivity index (χ1) is 11.8. The maximum Gasteiger partial charge on any atom is 0.188 e. The number of hydrogen-bond donors (Lipinski definition) is 3. The molecule has 0 aliphatic heterocycles. The summed E-state index contributed by atoms with van der Waals surface area (Å²) < 4.78 is 5.01. The van der Waals surface area contributed by atoms with E-state index in [0.717, 1.165) is 30.8 Å². The molecule has 24 heavy (non-hydrogen) atoms. The largest absolute Gasteiger partial charge is 0.383 e. The molecule has 0 aromatic heterocycles. The molecule has 0 aliphatic carbocycles. The van der Waals surface area contributed by atoms with Crippen LogP contribution in [0.15, 0.2) is 59.6 Å². The number of nitrogens with one attached hydrogen (secondary N) is 2. The van der Waals surface area contributed by atoms with Gasteiger partial charge in [0.2, 0.25) is 0 Å². The summed E-state index contributed by atoms with van der Waals surface area (Å²) in [5, 5.41) is 6.43. The van der Waals surface area contributed by atoms with Gasteiger partial charge in [0.1, 0.15) is 0 Å². The van der Waals surface area contributed by atoms with Crippen molar-refractivity contribution in [3.05, 3.63) is 65.7 Å². The highest BCUT2D eigenvalue weighted by Crippen LogP contribution is 2.10. The Morgan fingerprint density at radius 3 is 2.46 bits per heavy atom. The highest BCUT2D eigenvalue weighted by molar-refractivity contribution is 5.77. The number of nitrogens with zero attached hydrogens (tertiary/aromatic N) is 1. The fourth-order valence-electron chi connectivity index (χ4n) is 2.24. The van der Waals surface area contributed by atoms with E-state index in [9.17, 15) is 0 Å². The van der Waals surface area contributed by atoms with Gasteiger partial charge in [0.25, 0.3) is 0 Å². The van der Waals surface area contributed by atoms with Crippen LogP contribution in [0, 0.1) is 0 Å². The smallest absolute Gasteiger partial charge is 0.188 e. The van der Waals surface area contributed by atoms with Crippen LogP contribution in [0.25, 0.3) is 0 Å². The Labute approximate surface area is 143 Å². The van der Waals surface area contributed by atoms with Gasteiger partial charge in [0.15, 0.2) is 5.96 Å². The minimum atomic E-state index is 0.480. The monoisotopic (exact) mass is 326 g/mol. The van der Waals surface area contributed by atoms with Crippen molar-refractivity contribution in [1.82, 2.24) is 5.32 Å². The quantitative estimate of drug-likeness (QED) is 0.376. The Hall–Kier alpha value is -2.53. The van der Waals surface area contributed by atoms with Gasteiger partial charge in [-0.2, -0.15) is 0 Å². The van der Waals surface area contributed by atoms with Gasteiger partial charge < -0.3 is 21.1 Å². The molecule has 0 fully saturated rings. The molecule has 5 heteroatoms. The van der Waals surface area contributed by atoms with E-state index in [1.54, 1.807) is 7.11 Å². The molecule has 0 radical (unpaired) electrons. The van der Waals surface area contributed by atoms with Crippen molar-refractivity contribution in [1.29, 1.82) is 0 Å². The van der Waals surface area contributed by atoms with Crippen molar-refractivity contribution in [2.45, 2.75) is 13.0 Å². The standard InChI is InChI=1S/C19H26N4O/c1-24-14-13-21-18-9-7-17(8-10-18)15-23-19(20)22-12-11-16-5-3-2-4-6-16/h2-10,21H,11-15H2,1H3,(H3,20,22,23). The molecule has 0 spiro atoms. The van der Waals surface area contributed by atoms with Crippen LogP contribution >= 0.6 is 0 Å². The third kappa shape index (κ3) is 6.71. The first kappa shape index (κ1) is 17.8. The number of rotatable bonds is 9. The molecule has 0 heterocycles. The Kier molecular flexibility index (Phi) is 7.63. The van der Waals surface area contributed by atoms with Crippen LogP contribution in [0.5, 0.6) is 0 Å². The maximum atomic E-state index is 5.91. The highest BCUT2D eigenvalue weighted by Gasteiger charge is 1.96. The van der Waals surface area contributed by atoms with Crippen LogP contribution in [0.4, 0.5) is 5.69 Å². The SMILES string of the molecule is COCCNc1ccc(CN=C(N)NCCc2ccccc2)cc1. The Balaban J connectivity index is 1.71. The van der Waals surface area contributed by atoms with Gasteiger partial charge in [-0.3, -0.25) is 0 Å². The first-order valence-electron chi connectivity index (χ1n) is 8.17. The Morgan fingerprint density at radius 1 is 1.00 bits per heavy atom. The lowest BCUT2D eigenvalue weighted by atomic mass is 10.1. The van der Waals surface area contributed by atoms with E-state index in [0.29, 0.717) is 19.1 Å². The van der Waals surface area contributed by atoms with Crippen LogP contribution in [-0.2, 0) is 17.7 Å². The molecule has 0 bridgehead atoms. The summed E-state index contributed by atoms with van der Waals surface area (Å²) in [4.78, 5) is 4.37. The number of guanidine groups is 1. The summed E-state index contributed by atoms with van der Waals surface area (Å²) in [6, 6.07) is 18.5. The van der Waals surface area contributed by atoms with Crippen molar-refractivity contribution in [2.24, 2.45) is 10.7 Å². The summed E-state index contributed by atoms with van der Waals surface area (Å²) in [6.45, 7) is 2.84. The van der Waals surface area contributed by atoms with Gasteiger partial charge in [-0.05, 0) is 29.7 Å². The molecule has 2 rings (SSSR count). The molecule has 0 saturated heterocycles. The molecular formula is C19H26N4O. The van der Waals surface area contributed by atoms with Crippen LogP contribution in [0.1, 0.15) is 11.1 Å². The average molecular weight is 326 g/mol. The van der Waals surface area contributed by atoms with Gasteiger partial charge >= 0.3 is 0 Å². The predicted octanol–water partition coefficient (Wildman–Crippen LogP) is 2.39. The van der Waals surface area contributed by atoms with E-state index >= 15 is 0 Å². The lowest BCUT2D eigenvalue weighted by molar-refractivity contribution is 0.211. The van der Waals surface area contributed by atoms with E-state index < -0.39 is 0 Å². The summed E-state index contributed by atoms with van der Waals surface area (Å²) in [5.41, 5.74) is 9.40. The zero-order valence-corrected chi connectivity index (χ0v) is 14.2. The van der Waals surface area contributed by atoms with Crippen LogP contribution < -0.4 is 16.4 Å². The highest BCUT2D eigenvalue weighted by atomic mass is 16.5. The normalized spacial score (nSPS) is 11.3. The number of ether oxygens (including phenoxy) is 1. The first-order valence-corrected chi connectivity index (χ1v) is 8.17. The molecule has 0 saturated carbocycles. The third-order valence-corrected chi connectivity index (χ3v) is 3.58. The molecule has 0 aliphatic rings. The summed E-state index contributed by atoms with van der Waals surface area (Å²) in [5.74, 6) is 0.480. The molecule has 0 amide bonds. The van der Waals surface area contributed by atoms with Gasteiger partial charge in [-0.25, -0.2) is 4.99 Å². The zero-order valence-electron chi connectivity index (χ0n) is 14.2. The second-order valence-electron chi connectivity index (χ2n) is 5.48. The number of benzene rings is 2. The lowest BCUT2D eigenvalue weighted by Crippen LogP contribution is -2.33. The zero-order chi connectivity index (χ0) is 17.0. The van der Waals surface area contributed by atoms with Crippen LogP contribution in [0.2, 0.25) is 0 Å². The lowest BCUT2D eigenvalue weighted by Gasteiger charge is -2.07. The van der Waals surface area contributed by atoms with Gasteiger partial charge in [0, 0.05) is 25.9 Å². The van der Waals surface area contributed by atoms with E-state index in [1.165, 1.54) is 5.56 Å². The van der Waals surface area contributed by atoms with E-state index in [4.69, 9.17) is 10.5 Å². The second kappa shape index (κ2) is 10.3. The van der Waals surface area contributed by atoms with E-state index in [1.807, 2.05) is 30.3 Å². The molecule has 0 unspecified atom stereocenters. The summed E-state index contributed by atoms with van der Waals surface area (Å²) in [7, 11) is 1.70. The molecule has 4 N–H and O–H groups in total. The Bertz CT molecular complexity index is 611. The molecular weight excluding hydrogens is 300 g/mol. The number of aliphatic imine (C=N–C) groups is 1. The average Bonchev–Trinajstić information content (AvgIpc) is 2.62. The van der Waals surface area contributed by atoms with Gasteiger partial charge in [-0.1, -0.05) is 42.5 Å². The minimum absolute atomic E-state index is 0.480. The molecule has 2 aromatic carbocycles. The molecule has 128 valence electrons. The number of methoxy groups -OCH3 is 1. The topological polar surface area (TPSA) is 71.7 Å². The number of hydrogen-bond acceptors (Lipinski definition) is 3. The van der Waals surface area contributed by atoms with E-state index in [-0.39, 0.29) is 0 Å². The van der Waals surface area contributed by atoms with Gasteiger partial charge in [0.05, 0.1) is 13.2 Å². The fraction of sp³-hybridized carbons (Fsp3) is 0.316. The maximum absolute atomic E-state index is 5.91. The van der Waals surface area contributed by atoms with Crippen molar-refractivity contribution in [3.63, 3.8) is 0 Å². The molecule has 5 nitrogen and oxygen atoms in total. The van der Waals surface area contributed by atoms with Gasteiger partial charge in [-0.15, -0.1) is 0 Å². The predicted molar refractivity (Wildman–Crippen MR) is 100 cm³/mol. The summed E-state index contributed by atoms with van der Waals surface area (Å²) in [6.07, 6.45) is 0.929. The molecule has 0 atom stereocenters. The van der Waals surface area contributed by atoms with Crippen LogP contribution in [0.3, 0.4) is 0 Å². The van der Waals surface area contributed by atoms with Crippen LogP contribution in [-0.4, -0.2) is 32.8 Å². The van der Waals surface area contributed by atoms with E-state index in [2.05, 4.69) is 39.9 Å². The number of nitrogens with two attached hydrogens (primary N) is 1. The van der Waals surface area contributed by atoms with Crippen molar-refractivity contribution < 1.29 is 4.74 Å². The fourth-order valence-corrected chi connectivity index (χ4v) is 2.24. The van der Waals surface area contributed by atoms with Crippen molar-refractivity contribution in [3.8, 4) is 0 Å². The second-order valence-corrected chi connectivity index (χ2v) is 5.48. The Morgan fingerprint density at radius 2 is 1.75 bits per heavy atom. The number of anilines is 1. The minimum Gasteiger partial charge on any atom is -0.383 e. The van der Waals surface area contributed by atoms with Crippen molar-refractivity contribution in [2.75, 3.05) is 32.1 Å².